The highest BCUT2D eigenvalue weighted by Crippen LogP contribution is 2.26. The van der Waals surface area contributed by atoms with Gasteiger partial charge in [0, 0.05) is 18.9 Å². The van der Waals surface area contributed by atoms with Gasteiger partial charge in [-0.05, 0) is 36.8 Å². The molecule has 0 aliphatic rings. The molecule has 1 aromatic heterocycles. The third-order valence-electron chi connectivity index (χ3n) is 4.14. The van der Waals surface area contributed by atoms with E-state index in [9.17, 15) is 13.6 Å². The third-order valence-corrected chi connectivity index (χ3v) is 4.88. The minimum absolute atomic E-state index is 0.109. The fourth-order valence-corrected chi connectivity index (χ4v) is 2.95. The monoisotopic (exact) mass is 424 g/mol. The van der Waals surface area contributed by atoms with E-state index in [0.717, 1.165) is 17.7 Å². The molecule has 28 heavy (non-hydrogen) atoms. The normalized spacial score (nSPS) is 12.0. The van der Waals surface area contributed by atoms with Crippen LogP contribution in [0.1, 0.15) is 30.8 Å². The lowest BCUT2D eigenvalue weighted by Crippen LogP contribution is -2.26. The largest absolute Gasteiger partial charge is 0.441 e. The number of amides is 1. The highest BCUT2D eigenvalue weighted by Gasteiger charge is 2.15. The SMILES string of the molecule is CC(NC(=O)CCc1ncc(-c2ccc(F)cc2F)o1)c1ccc(Cl)c(Cl)c1. The molecule has 2 aromatic carbocycles. The number of hydrogen-bond acceptors (Lipinski definition) is 3. The minimum Gasteiger partial charge on any atom is -0.441 e. The average Bonchev–Trinajstić information content (AvgIpc) is 3.11. The summed E-state index contributed by atoms with van der Waals surface area (Å²) in [5, 5.41) is 3.72. The zero-order valence-corrected chi connectivity index (χ0v) is 16.3. The van der Waals surface area contributed by atoms with Gasteiger partial charge in [0.05, 0.1) is 27.8 Å². The summed E-state index contributed by atoms with van der Waals surface area (Å²) >= 11 is 11.9. The number of nitrogens with zero attached hydrogens (tertiary/aromatic N) is 1. The number of rotatable bonds is 6. The zero-order chi connectivity index (χ0) is 20.3. The fourth-order valence-electron chi connectivity index (χ4n) is 2.64. The predicted octanol–water partition coefficient (Wildman–Crippen LogP) is 5.74. The van der Waals surface area contributed by atoms with Crippen molar-refractivity contribution in [2.75, 3.05) is 0 Å². The van der Waals surface area contributed by atoms with Crippen LogP contribution in [-0.2, 0) is 11.2 Å². The highest BCUT2D eigenvalue weighted by molar-refractivity contribution is 6.42. The van der Waals surface area contributed by atoms with E-state index in [1.807, 2.05) is 6.92 Å². The van der Waals surface area contributed by atoms with Gasteiger partial charge in [-0.3, -0.25) is 4.79 Å². The van der Waals surface area contributed by atoms with Crippen molar-refractivity contribution < 1.29 is 18.0 Å². The first-order valence-electron chi connectivity index (χ1n) is 8.48. The molecule has 0 saturated carbocycles. The number of aromatic nitrogens is 1. The van der Waals surface area contributed by atoms with E-state index < -0.39 is 11.6 Å². The maximum atomic E-state index is 13.8. The van der Waals surface area contributed by atoms with Crippen LogP contribution >= 0.6 is 23.2 Å². The molecular formula is C20H16Cl2F2N2O2. The van der Waals surface area contributed by atoms with E-state index >= 15 is 0 Å². The summed E-state index contributed by atoms with van der Waals surface area (Å²) in [4.78, 5) is 16.2. The summed E-state index contributed by atoms with van der Waals surface area (Å²) in [5.41, 5.74) is 0.936. The summed E-state index contributed by atoms with van der Waals surface area (Å²) < 4.78 is 32.3. The second-order valence-corrected chi connectivity index (χ2v) is 7.02. The van der Waals surface area contributed by atoms with Crippen LogP contribution in [0.3, 0.4) is 0 Å². The van der Waals surface area contributed by atoms with Crippen LogP contribution in [0.15, 0.2) is 47.0 Å². The Morgan fingerprint density at radius 1 is 1.18 bits per heavy atom. The van der Waals surface area contributed by atoms with Crippen LogP contribution in [0.2, 0.25) is 10.0 Å². The Bertz CT molecular complexity index is 1010. The Balaban J connectivity index is 1.57. The maximum Gasteiger partial charge on any atom is 0.220 e. The molecule has 0 saturated heterocycles. The maximum absolute atomic E-state index is 13.8. The van der Waals surface area contributed by atoms with Gasteiger partial charge in [0.25, 0.3) is 0 Å². The quantitative estimate of drug-likeness (QED) is 0.548. The number of halogens is 4. The molecule has 1 heterocycles. The first-order valence-corrected chi connectivity index (χ1v) is 9.23. The molecule has 3 rings (SSSR count). The van der Waals surface area contributed by atoms with Gasteiger partial charge in [-0.15, -0.1) is 0 Å². The molecule has 4 nitrogen and oxygen atoms in total. The second kappa shape index (κ2) is 8.71. The molecule has 1 atom stereocenters. The summed E-state index contributed by atoms with van der Waals surface area (Å²) in [5.74, 6) is -1.15. The molecule has 1 amide bonds. The van der Waals surface area contributed by atoms with Gasteiger partial charge in [-0.2, -0.15) is 0 Å². The Kier molecular flexibility index (Phi) is 6.31. The number of benzene rings is 2. The lowest BCUT2D eigenvalue weighted by atomic mass is 10.1. The number of oxazole rings is 1. The molecule has 0 aliphatic heterocycles. The Morgan fingerprint density at radius 3 is 2.68 bits per heavy atom. The van der Waals surface area contributed by atoms with Crippen molar-refractivity contribution in [3.05, 3.63) is 75.7 Å². The molecule has 3 aromatic rings. The van der Waals surface area contributed by atoms with Crippen molar-refractivity contribution in [3.63, 3.8) is 0 Å². The van der Waals surface area contributed by atoms with Gasteiger partial charge in [0.1, 0.15) is 11.6 Å². The van der Waals surface area contributed by atoms with Gasteiger partial charge in [0.2, 0.25) is 5.91 Å². The van der Waals surface area contributed by atoms with Crippen LogP contribution in [0.25, 0.3) is 11.3 Å². The summed E-state index contributed by atoms with van der Waals surface area (Å²) in [6.07, 6.45) is 1.72. The van der Waals surface area contributed by atoms with Gasteiger partial charge in [0.15, 0.2) is 11.7 Å². The number of nitrogens with one attached hydrogen (secondary N) is 1. The van der Waals surface area contributed by atoms with Crippen molar-refractivity contribution in [1.82, 2.24) is 10.3 Å². The predicted molar refractivity (Wildman–Crippen MR) is 103 cm³/mol. The summed E-state index contributed by atoms with van der Waals surface area (Å²) in [7, 11) is 0. The molecule has 0 spiro atoms. The standard InChI is InChI=1S/C20H16Cl2F2N2O2/c1-11(12-2-5-15(21)16(22)8-12)26-19(27)6-7-20-25-10-18(28-20)14-4-3-13(23)9-17(14)24/h2-5,8-11H,6-7H2,1H3,(H,26,27). The van der Waals surface area contributed by atoms with E-state index in [4.69, 9.17) is 27.6 Å². The topological polar surface area (TPSA) is 55.1 Å². The van der Waals surface area contributed by atoms with Crippen LogP contribution in [0.5, 0.6) is 0 Å². The molecule has 8 heteroatoms. The van der Waals surface area contributed by atoms with E-state index in [1.54, 1.807) is 18.2 Å². The van der Waals surface area contributed by atoms with E-state index in [2.05, 4.69) is 10.3 Å². The lowest BCUT2D eigenvalue weighted by Gasteiger charge is -2.14. The minimum atomic E-state index is -0.740. The Morgan fingerprint density at radius 2 is 1.96 bits per heavy atom. The van der Waals surface area contributed by atoms with Gasteiger partial charge < -0.3 is 9.73 Å². The van der Waals surface area contributed by atoms with Gasteiger partial charge in [-0.25, -0.2) is 13.8 Å². The Labute approximate surface area is 170 Å². The van der Waals surface area contributed by atoms with Crippen LogP contribution in [0, 0.1) is 11.6 Å². The number of aryl methyl sites for hydroxylation is 1. The van der Waals surface area contributed by atoms with Crippen LogP contribution in [-0.4, -0.2) is 10.9 Å². The van der Waals surface area contributed by atoms with Crippen LogP contribution < -0.4 is 5.32 Å². The Hall–Kier alpha value is -2.44. The highest BCUT2D eigenvalue weighted by atomic mass is 35.5. The first-order chi connectivity index (χ1) is 13.3. The zero-order valence-electron chi connectivity index (χ0n) is 14.8. The third kappa shape index (κ3) is 4.88. The van der Waals surface area contributed by atoms with E-state index in [0.29, 0.717) is 10.0 Å². The number of hydrogen-bond donors (Lipinski definition) is 1. The van der Waals surface area contributed by atoms with Crippen molar-refractivity contribution in [3.8, 4) is 11.3 Å². The molecule has 0 bridgehead atoms. The van der Waals surface area contributed by atoms with Crippen molar-refractivity contribution in [2.45, 2.75) is 25.8 Å². The second-order valence-electron chi connectivity index (χ2n) is 6.21. The van der Waals surface area contributed by atoms with Gasteiger partial charge >= 0.3 is 0 Å². The number of carbonyl (C=O) groups excluding carboxylic acids is 1. The smallest absolute Gasteiger partial charge is 0.220 e. The fraction of sp³-hybridized carbons (Fsp3) is 0.200. The molecule has 1 N–H and O–H groups in total. The van der Waals surface area contributed by atoms with Crippen molar-refractivity contribution in [2.24, 2.45) is 0 Å². The van der Waals surface area contributed by atoms with E-state index in [1.165, 1.54) is 12.3 Å². The van der Waals surface area contributed by atoms with Gasteiger partial charge in [-0.1, -0.05) is 29.3 Å². The average molecular weight is 425 g/mol. The summed E-state index contributed by atoms with van der Waals surface area (Å²) in [6.45, 7) is 1.83. The molecule has 0 aliphatic carbocycles. The molecule has 0 radical (unpaired) electrons. The molecule has 0 fully saturated rings. The summed E-state index contributed by atoms with van der Waals surface area (Å²) in [6, 6.07) is 8.10. The number of carbonyl (C=O) groups is 1. The molecule has 146 valence electrons. The lowest BCUT2D eigenvalue weighted by molar-refractivity contribution is -0.121. The van der Waals surface area contributed by atoms with Crippen molar-refractivity contribution >= 4 is 29.1 Å². The van der Waals surface area contributed by atoms with Crippen LogP contribution in [0.4, 0.5) is 8.78 Å². The molecule has 1 unspecified atom stereocenters. The molecular weight excluding hydrogens is 409 g/mol. The first kappa shape index (κ1) is 20.3. The van der Waals surface area contributed by atoms with E-state index in [-0.39, 0.29) is 42.0 Å². The van der Waals surface area contributed by atoms with Crippen molar-refractivity contribution in [1.29, 1.82) is 0 Å².